The summed E-state index contributed by atoms with van der Waals surface area (Å²) in [5.74, 6) is 0.687. The molecule has 0 fully saturated rings. The molecule has 9 heteroatoms. The van der Waals surface area contributed by atoms with Gasteiger partial charge >= 0.3 is 6.18 Å². The van der Waals surface area contributed by atoms with Gasteiger partial charge in [0.2, 0.25) is 0 Å². The molecule has 0 amide bonds. The van der Waals surface area contributed by atoms with Crippen LogP contribution in [0.25, 0.3) is 0 Å². The molecule has 150 valence electrons. The van der Waals surface area contributed by atoms with Crippen LogP contribution < -0.4 is 10.2 Å². The van der Waals surface area contributed by atoms with Gasteiger partial charge in [-0.05, 0) is 51.3 Å². The van der Waals surface area contributed by atoms with Gasteiger partial charge in [0.1, 0.15) is 12.4 Å². The number of hydrogen-bond donors (Lipinski definition) is 1. The lowest BCUT2D eigenvalue weighted by atomic mass is 10.2. The Hall–Kier alpha value is -2.58. The molecule has 4 nitrogen and oxygen atoms in total. The number of hydrazone groups is 1. The number of nitrogens with zero attached hydrogens (tertiary/aromatic N) is 2. The minimum atomic E-state index is -4.43. The van der Waals surface area contributed by atoms with E-state index in [-0.39, 0.29) is 5.82 Å². The maximum absolute atomic E-state index is 12.5. The first-order chi connectivity index (χ1) is 13.8. The molecule has 29 heavy (non-hydrogen) atoms. The van der Waals surface area contributed by atoms with Gasteiger partial charge in [0.05, 0.1) is 21.3 Å². The second-order valence-corrected chi connectivity index (χ2v) is 7.15. The molecule has 1 N–H and O–H groups in total. The number of nitrogens with one attached hydrogen (secondary N) is 1. The SMILES string of the molecule is FC(F)(F)c1ccc(N/N=C\c2cc(Cl)c(OCc3ccccc3)c(Br)c2)nc1. The van der Waals surface area contributed by atoms with Gasteiger partial charge in [-0.25, -0.2) is 4.98 Å². The Morgan fingerprint density at radius 3 is 2.52 bits per heavy atom. The maximum atomic E-state index is 12.5. The topological polar surface area (TPSA) is 46.5 Å². The van der Waals surface area contributed by atoms with Crippen LogP contribution in [-0.2, 0) is 12.8 Å². The standard InChI is InChI=1S/C20H14BrClF3N3O/c21-16-8-14(9-17(22)19(16)29-12-13-4-2-1-3-5-13)10-27-28-18-7-6-15(11-26-18)20(23,24)25/h1-11H,12H2,(H,26,28)/b27-10-. The molecule has 0 atom stereocenters. The van der Waals surface area contributed by atoms with Gasteiger partial charge in [-0.2, -0.15) is 18.3 Å². The molecule has 3 aromatic rings. The zero-order valence-electron chi connectivity index (χ0n) is 14.8. The van der Waals surface area contributed by atoms with Crippen LogP contribution in [0.5, 0.6) is 5.75 Å². The van der Waals surface area contributed by atoms with E-state index >= 15 is 0 Å². The zero-order chi connectivity index (χ0) is 20.9. The predicted molar refractivity (Wildman–Crippen MR) is 110 cm³/mol. The molecule has 0 saturated carbocycles. The minimum Gasteiger partial charge on any atom is -0.486 e. The summed E-state index contributed by atoms with van der Waals surface area (Å²) >= 11 is 9.73. The number of rotatable bonds is 6. The normalized spacial score (nSPS) is 11.6. The molecule has 0 aliphatic carbocycles. The lowest BCUT2D eigenvalue weighted by Crippen LogP contribution is -2.05. The quantitative estimate of drug-likeness (QED) is 0.319. The van der Waals surface area contributed by atoms with E-state index in [1.165, 1.54) is 12.3 Å². The number of anilines is 1. The molecule has 0 spiro atoms. The fourth-order valence-corrected chi connectivity index (χ4v) is 3.31. The Morgan fingerprint density at radius 2 is 1.90 bits per heavy atom. The van der Waals surface area contributed by atoms with Gasteiger partial charge in [-0.1, -0.05) is 41.9 Å². The van der Waals surface area contributed by atoms with E-state index in [0.717, 1.165) is 17.8 Å². The van der Waals surface area contributed by atoms with E-state index in [4.69, 9.17) is 16.3 Å². The third kappa shape index (κ3) is 5.95. The largest absolute Gasteiger partial charge is 0.486 e. The molecule has 0 aliphatic rings. The molecule has 0 unspecified atom stereocenters. The number of aromatic nitrogens is 1. The molecule has 0 bridgehead atoms. The molecule has 2 aromatic carbocycles. The third-order valence-electron chi connectivity index (χ3n) is 3.73. The number of hydrogen-bond acceptors (Lipinski definition) is 4. The van der Waals surface area contributed by atoms with Crippen LogP contribution in [0.1, 0.15) is 16.7 Å². The first-order valence-electron chi connectivity index (χ1n) is 8.31. The summed E-state index contributed by atoms with van der Waals surface area (Å²) in [7, 11) is 0. The van der Waals surface area contributed by atoms with Crippen molar-refractivity contribution in [1.82, 2.24) is 4.98 Å². The van der Waals surface area contributed by atoms with Crippen LogP contribution >= 0.6 is 27.5 Å². The monoisotopic (exact) mass is 483 g/mol. The van der Waals surface area contributed by atoms with Crippen molar-refractivity contribution in [2.45, 2.75) is 12.8 Å². The molecule has 1 heterocycles. The summed E-state index contributed by atoms with van der Waals surface area (Å²) < 4.78 is 44.0. The minimum absolute atomic E-state index is 0.183. The van der Waals surface area contributed by atoms with Crippen molar-refractivity contribution in [2.75, 3.05) is 5.43 Å². The Balaban J connectivity index is 1.64. The van der Waals surface area contributed by atoms with Gasteiger partial charge in [0, 0.05) is 6.20 Å². The number of benzene rings is 2. The number of pyridine rings is 1. The molecular formula is C20H14BrClF3N3O. The predicted octanol–water partition coefficient (Wildman–Crippen LogP) is 6.54. The van der Waals surface area contributed by atoms with Crippen molar-refractivity contribution < 1.29 is 17.9 Å². The average Bonchev–Trinajstić information content (AvgIpc) is 2.68. The second-order valence-electron chi connectivity index (χ2n) is 5.89. The van der Waals surface area contributed by atoms with E-state index in [0.29, 0.717) is 27.4 Å². The van der Waals surface area contributed by atoms with Gasteiger partial charge in [-0.3, -0.25) is 5.43 Å². The van der Waals surface area contributed by atoms with E-state index < -0.39 is 11.7 Å². The average molecular weight is 485 g/mol. The fourth-order valence-electron chi connectivity index (χ4n) is 2.32. The number of halogens is 5. The lowest BCUT2D eigenvalue weighted by Gasteiger charge is -2.11. The highest BCUT2D eigenvalue weighted by atomic mass is 79.9. The second kappa shape index (κ2) is 9.28. The van der Waals surface area contributed by atoms with E-state index in [1.807, 2.05) is 30.3 Å². The number of ether oxygens (including phenoxy) is 1. The van der Waals surface area contributed by atoms with E-state index in [2.05, 4.69) is 31.4 Å². The Bertz CT molecular complexity index is 973. The van der Waals surface area contributed by atoms with Crippen LogP contribution in [-0.4, -0.2) is 11.2 Å². The van der Waals surface area contributed by atoms with Crippen molar-refractivity contribution in [3.8, 4) is 5.75 Å². The van der Waals surface area contributed by atoms with Gasteiger partial charge in [-0.15, -0.1) is 0 Å². The first-order valence-corrected chi connectivity index (χ1v) is 9.48. The molecule has 0 radical (unpaired) electrons. The highest BCUT2D eigenvalue weighted by molar-refractivity contribution is 9.10. The van der Waals surface area contributed by atoms with Crippen molar-refractivity contribution in [2.24, 2.45) is 5.10 Å². The molecular weight excluding hydrogens is 471 g/mol. The third-order valence-corrected chi connectivity index (χ3v) is 4.60. The lowest BCUT2D eigenvalue weighted by molar-refractivity contribution is -0.137. The van der Waals surface area contributed by atoms with Crippen molar-refractivity contribution >= 4 is 39.6 Å². The Kier molecular flexibility index (Phi) is 6.76. The van der Waals surface area contributed by atoms with Crippen LogP contribution in [0.2, 0.25) is 5.02 Å². The zero-order valence-corrected chi connectivity index (χ0v) is 17.1. The van der Waals surface area contributed by atoms with Gasteiger partial charge in [0.15, 0.2) is 5.75 Å². The summed E-state index contributed by atoms with van der Waals surface area (Å²) in [6.45, 7) is 0.369. The highest BCUT2D eigenvalue weighted by Gasteiger charge is 2.30. The van der Waals surface area contributed by atoms with Crippen LogP contribution in [0.4, 0.5) is 19.0 Å². The van der Waals surface area contributed by atoms with Crippen LogP contribution in [0.3, 0.4) is 0 Å². The highest BCUT2D eigenvalue weighted by Crippen LogP contribution is 2.34. The Labute approximate surface area is 178 Å². The maximum Gasteiger partial charge on any atom is 0.417 e. The molecule has 0 aliphatic heterocycles. The van der Waals surface area contributed by atoms with Crippen LogP contribution in [0, 0.1) is 0 Å². The van der Waals surface area contributed by atoms with Crippen molar-refractivity contribution in [1.29, 1.82) is 0 Å². The molecule has 1 aromatic heterocycles. The summed E-state index contributed by atoms with van der Waals surface area (Å²) in [6.07, 6.45) is -2.22. The van der Waals surface area contributed by atoms with E-state index in [1.54, 1.807) is 12.1 Å². The summed E-state index contributed by atoms with van der Waals surface area (Å²) in [6, 6.07) is 15.2. The van der Waals surface area contributed by atoms with Crippen molar-refractivity contribution in [3.63, 3.8) is 0 Å². The summed E-state index contributed by atoms with van der Waals surface area (Å²) in [5, 5.41) is 4.36. The molecule has 3 rings (SSSR count). The Morgan fingerprint density at radius 1 is 1.14 bits per heavy atom. The van der Waals surface area contributed by atoms with Gasteiger partial charge in [0.25, 0.3) is 0 Å². The van der Waals surface area contributed by atoms with Crippen LogP contribution in [0.15, 0.2) is 70.4 Å². The smallest absolute Gasteiger partial charge is 0.417 e. The van der Waals surface area contributed by atoms with Crippen molar-refractivity contribution in [3.05, 3.63) is 87.0 Å². The summed E-state index contributed by atoms with van der Waals surface area (Å²) in [5.41, 5.74) is 3.42. The summed E-state index contributed by atoms with van der Waals surface area (Å²) in [4.78, 5) is 3.68. The number of alkyl halides is 3. The first kappa shape index (κ1) is 21.1. The molecule has 0 saturated heterocycles. The van der Waals surface area contributed by atoms with E-state index in [9.17, 15) is 13.2 Å². The van der Waals surface area contributed by atoms with Gasteiger partial charge < -0.3 is 4.74 Å². The fraction of sp³-hybridized carbons (Fsp3) is 0.100.